The van der Waals surface area contributed by atoms with Crippen molar-refractivity contribution < 1.29 is 18.7 Å². The number of piperidine rings is 1. The van der Waals surface area contributed by atoms with Gasteiger partial charge >= 0.3 is 0 Å². The van der Waals surface area contributed by atoms with Crippen molar-refractivity contribution in [1.82, 2.24) is 10.3 Å². The molecule has 8 heteroatoms. The second-order valence-corrected chi connectivity index (χ2v) is 7.53. The maximum absolute atomic E-state index is 14.4. The zero-order valence-electron chi connectivity index (χ0n) is 16.1. The summed E-state index contributed by atoms with van der Waals surface area (Å²) in [5, 5.41) is 2.98. The van der Waals surface area contributed by atoms with Crippen molar-refractivity contribution in [2.75, 3.05) is 12.0 Å². The Morgan fingerprint density at radius 2 is 1.93 bits per heavy atom. The number of nitrogens with two attached hydrogens (primary N) is 1. The molecule has 0 spiro atoms. The van der Waals surface area contributed by atoms with Gasteiger partial charge in [-0.15, -0.1) is 0 Å². The lowest BCUT2D eigenvalue weighted by atomic mass is 9.96. The monoisotopic (exact) mass is 398 g/mol. The van der Waals surface area contributed by atoms with Crippen molar-refractivity contribution in [3.63, 3.8) is 0 Å². The van der Waals surface area contributed by atoms with Gasteiger partial charge in [-0.3, -0.25) is 9.59 Å². The summed E-state index contributed by atoms with van der Waals surface area (Å²) >= 11 is 0. The molecule has 4 rings (SSSR count). The van der Waals surface area contributed by atoms with E-state index in [-0.39, 0.29) is 29.4 Å². The van der Waals surface area contributed by atoms with E-state index in [9.17, 15) is 14.0 Å². The predicted molar refractivity (Wildman–Crippen MR) is 105 cm³/mol. The Kier molecular flexibility index (Phi) is 5.08. The number of nitrogens with zero attached hydrogens (tertiary/aromatic N) is 2. The van der Waals surface area contributed by atoms with Gasteiger partial charge in [0, 0.05) is 24.3 Å². The quantitative estimate of drug-likeness (QED) is 0.805. The molecule has 2 aliphatic heterocycles. The lowest BCUT2D eigenvalue weighted by molar-refractivity contribution is 0.0921. The number of primary amides is 1. The number of hydrogen-bond donors (Lipinski definition) is 2. The lowest BCUT2D eigenvalue weighted by Crippen LogP contribution is -2.50. The van der Waals surface area contributed by atoms with Gasteiger partial charge in [0.15, 0.2) is 11.6 Å². The van der Waals surface area contributed by atoms with E-state index in [0.29, 0.717) is 5.56 Å². The molecular weight excluding hydrogens is 375 g/mol. The van der Waals surface area contributed by atoms with Crippen molar-refractivity contribution in [2.45, 2.75) is 43.8 Å². The van der Waals surface area contributed by atoms with Crippen LogP contribution in [0.15, 0.2) is 36.5 Å². The number of pyridine rings is 1. The van der Waals surface area contributed by atoms with E-state index in [1.165, 1.54) is 25.4 Å². The fourth-order valence-corrected chi connectivity index (χ4v) is 4.46. The number of aromatic nitrogens is 1. The Balaban J connectivity index is 1.45. The molecule has 0 saturated carbocycles. The second kappa shape index (κ2) is 7.69. The maximum Gasteiger partial charge on any atom is 0.254 e. The highest BCUT2D eigenvalue weighted by Crippen LogP contribution is 2.38. The van der Waals surface area contributed by atoms with Gasteiger partial charge < -0.3 is 20.7 Å². The average Bonchev–Trinajstić information content (AvgIpc) is 2.98. The van der Waals surface area contributed by atoms with Crippen molar-refractivity contribution in [3.05, 3.63) is 53.5 Å². The summed E-state index contributed by atoms with van der Waals surface area (Å²) in [5.41, 5.74) is 5.65. The van der Waals surface area contributed by atoms with E-state index in [2.05, 4.69) is 15.2 Å². The Morgan fingerprint density at radius 3 is 2.52 bits per heavy atom. The molecule has 29 heavy (non-hydrogen) atoms. The highest BCUT2D eigenvalue weighted by Gasteiger charge is 2.42. The SMILES string of the molecule is COc1cccc(C(=O)NC2CC3CCC(C2)N3c2ccc(C(N)=O)cn2)c1F. The second-order valence-electron chi connectivity index (χ2n) is 7.53. The Hall–Kier alpha value is -3.16. The van der Waals surface area contributed by atoms with Crippen LogP contribution in [0.1, 0.15) is 46.4 Å². The van der Waals surface area contributed by atoms with E-state index >= 15 is 0 Å². The minimum atomic E-state index is -0.647. The van der Waals surface area contributed by atoms with E-state index in [4.69, 9.17) is 10.5 Å². The first-order valence-corrected chi connectivity index (χ1v) is 9.65. The lowest BCUT2D eigenvalue weighted by Gasteiger charge is -2.40. The Morgan fingerprint density at radius 1 is 1.21 bits per heavy atom. The van der Waals surface area contributed by atoms with Crippen molar-refractivity contribution in [3.8, 4) is 5.75 Å². The smallest absolute Gasteiger partial charge is 0.254 e. The van der Waals surface area contributed by atoms with Crippen molar-refractivity contribution >= 4 is 17.6 Å². The molecule has 1 aromatic heterocycles. The van der Waals surface area contributed by atoms with Gasteiger partial charge in [-0.25, -0.2) is 9.37 Å². The molecule has 2 bridgehead atoms. The molecule has 1 aromatic carbocycles. The first-order chi connectivity index (χ1) is 14.0. The number of halogens is 1. The van der Waals surface area contributed by atoms with Gasteiger partial charge in [-0.2, -0.15) is 0 Å². The number of carbonyl (C=O) groups is 2. The zero-order chi connectivity index (χ0) is 20.5. The van der Waals surface area contributed by atoms with Gasteiger partial charge in [0.2, 0.25) is 5.91 Å². The zero-order valence-corrected chi connectivity index (χ0v) is 16.1. The summed E-state index contributed by atoms with van der Waals surface area (Å²) in [7, 11) is 1.37. The number of benzene rings is 1. The van der Waals surface area contributed by atoms with Crippen molar-refractivity contribution in [1.29, 1.82) is 0 Å². The van der Waals surface area contributed by atoms with E-state index in [0.717, 1.165) is 31.5 Å². The summed E-state index contributed by atoms with van der Waals surface area (Å²) in [5.74, 6) is -0.711. The van der Waals surface area contributed by atoms with Gasteiger partial charge in [0.1, 0.15) is 5.82 Å². The minimum Gasteiger partial charge on any atom is -0.494 e. The first-order valence-electron chi connectivity index (χ1n) is 9.65. The Bertz CT molecular complexity index is 920. The number of fused-ring (bicyclic) bond motifs is 2. The van der Waals surface area contributed by atoms with Crippen LogP contribution < -0.4 is 20.7 Å². The molecule has 2 saturated heterocycles. The summed E-state index contributed by atoms with van der Waals surface area (Å²) < 4.78 is 19.3. The summed E-state index contributed by atoms with van der Waals surface area (Å²) in [6, 6.07) is 8.49. The van der Waals surface area contributed by atoms with Crippen LogP contribution in [0, 0.1) is 5.82 Å². The molecule has 2 unspecified atom stereocenters. The molecule has 3 N–H and O–H groups in total. The Labute approximate surface area is 168 Å². The van der Waals surface area contributed by atoms with Crippen LogP contribution in [0.5, 0.6) is 5.75 Å². The molecule has 3 heterocycles. The standard InChI is InChI=1S/C21H23FN4O3/c1-29-17-4-2-3-16(19(17)22)21(28)25-13-9-14-6-7-15(10-13)26(14)18-8-5-12(11-24-18)20(23)27/h2-5,8,11,13-15H,6-7,9-10H2,1H3,(H2,23,27)(H,25,28). The van der Waals surface area contributed by atoms with Crippen molar-refractivity contribution in [2.24, 2.45) is 5.73 Å². The van der Waals surface area contributed by atoms with Gasteiger partial charge in [0.05, 0.1) is 18.2 Å². The highest BCUT2D eigenvalue weighted by molar-refractivity contribution is 5.95. The number of methoxy groups -OCH3 is 1. The molecule has 7 nitrogen and oxygen atoms in total. The number of nitrogens with one attached hydrogen (secondary N) is 1. The summed E-state index contributed by atoms with van der Waals surface area (Å²) in [4.78, 5) is 30.5. The topological polar surface area (TPSA) is 97.5 Å². The van der Waals surface area contributed by atoms with Crippen LogP contribution in [-0.4, -0.2) is 42.0 Å². The molecule has 0 radical (unpaired) electrons. The van der Waals surface area contributed by atoms with Gasteiger partial charge in [-0.1, -0.05) is 6.07 Å². The molecule has 2 atom stereocenters. The number of hydrogen-bond acceptors (Lipinski definition) is 5. The largest absolute Gasteiger partial charge is 0.494 e. The number of amides is 2. The van der Waals surface area contributed by atoms with Crippen LogP contribution in [-0.2, 0) is 0 Å². The first kappa shape index (κ1) is 19.2. The van der Waals surface area contributed by atoms with Gasteiger partial charge in [-0.05, 0) is 49.9 Å². The molecular formula is C21H23FN4O3. The molecule has 152 valence electrons. The van der Waals surface area contributed by atoms with Gasteiger partial charge in [0.25, 0.3) is 5.91 Å². The van der Waals surface area contributed by atoms with Crippen LogP contribution >= 0.6 is 0 Å². The fourth-order valence-electron chi connectivity index (χ4n) is 4.46. The number of ether oxygens (including phenoxy) is 1. The third-order valence-corrected chi connectivity index (χ3v) is 5.79. The highest BCUT2D eigenvalue weighted by atomic mass is 19.1. The number of carbonyl (C=O) groups excluding carboxylic acids is 2. The molecule has 2 fully saturated rings. The van der Waals surface area contributed by atoms with E-state index in [1.54, 1.807) is 12.1 Å². The fraction of sp³-hybridized carbons (Fsp3) is 0.381. The van der Waals surface area contributed by atoms with Crippen LogP contribution in [0.3, 0.4) is 0 Å². The maximum atomic E-state index is 14.4. The van der Waals surface area contributed by atoms with E-state index in [1.807, 2.05) is 6.07 Å². The number of rotatable bonds is 5. The normalized spacial score (nSPS) is 23.0. The molecule has 0 aliphatic carbocycles. The molecule has 2 amide bonds. The third-order valence-electron chi connectivity index (χ3n) is 5.79. The summed E-state index contributed by atoms with van der Waals surface area (Å²) in [6.45, 7) is 0. The third kappa shape index (κ3) is 3.62. The molecule has 2 aromatic rings. The average molecular weight is 398 g/mol. The predicted octanol–water partition coefficient (Wildman–Crippen LogP) is 2.26. The summed E-state index contributed by atoms with van der Waals surface area (Å²) in [6.07, 6.45) is 5.02. The van der Waals surface area contributed by atoms with Crippen LogP contribution in [0.25, 0.3) is 0 Å². The van der Waals surface area contributed by atoms with Crippen LogP contribution in [0.2, 0.25) is 0 Å². The molecule has 2 aliphatic rings. The van der Waals surface area contributed by atoms with E-state index < -0.39 is 17.6 Å². The minimum absolute atomic E-state index is 0.0113. The number of anilines is 1. The van der Waals surface area contributed by atoms with Crippen LogP contribution in [0.4, 0.5) is 10.2 Å².